The third kappa shape index (κ3) is 1.01. The fraction of sp³-hybridized carbons (Fsp3) is 0.429. The van der Waals surface area contributed by atoms with Crippen LogP contribution in [0.5, 0.6) is 0 Å². The van der Waals surface area contributed by atoms with Crippen LogP contribution in [-0.2, 0) is 12.2 Å². The SMILES string of the molecule is Brc1coc2c1CSCC2. The van der Waals surface area contributed by atoms with Crippen molar-refractivity contribution >= 4 is 27.7 Å². The van der Waals surface area contributed by atoms with Crippen LogP contribution in [0.4, 0.5) is 0 Å². The summed E-state index contributed by atoms with van der Waals surface area (Å²) in [6.45, 7) is 0. The molecule has 1 aromatic rings. The second-order valence-electron chi connectivity index (χ2n) is 2.29. The molecule has 2 rings (SSSR count). The monoisotopic (exact) mass is 218 g/mol. The largest absolute Gasteiger partial charge is 0.468 e. The van der Waals surface area contributed by atoms with Gasteiger partial charge in [-0.2, -0.15) is 11.8 Å². The van der Waals surface area contributed by atoms with Crippen LogP contribution in [0.3, 0.4) is 0 Å². The van der Waals surface area contributed by atoms with Crippen LogP contribution in [0.2, 0.25) is 0 Å². The Hall–Kier alpha value is 0.110. The van der Waals surface area contributed by atoms with Gasteiger partial charge in [-0.25, -0.2) is 0 Å². The van der Waals surface area contributed by atoms with Gasteiger partial charge in [0.25, 0.3) is 0 Å². The maximum Gasteiger partial charge on any atom is 0.109 e. The van der Waals surface area contributed by atoms with E-state index in [4.69, 9.17) is 4.42 Å². The maximum atomic E-state index is 5.33. The van der Waals surface area contributed by atoms with Gasteiger partial charge in [-0.15, -0.1) is 0 Å². The quantitative estimate of drug-likeness (QED) is 0.665. The summed E-state index contributed by atoms with van der Waals surface area (Å²) in [5.41, 5.74) is 1.36. The van der Waals surface area contributed by atoms with E-state index in [1.54, 1.807) is 6.26 Å². The summed E-state index contributed by atoms with van der Waals surface area (Å²) in [5, 5.41) is 0. The third-order valence-corrected chi connectivity index (χ3v) is 3.30. The van der Waals surface area contributed by atoms with E-state index in [1.807, 2.05) is 11.8 Å². The van der Waals surface area contributed by atoms with Gasteiger partial charge in [-0.1, -0.05) is 0 Å². The smallest absolute Gasteiger partial charge is 0.109 e. The van der Waals surface area contributed by atoms with Crippen LogP contribution in [-0.4, -0.2) is 5.75 Å². The molecule has 0 bridgehead atoms. The molecule has 0 saturated carbocycles. The molecule has 0 fully saturated rings. The highest BCUT2D eigenvalue weighted by molar-refractivity contribution is 9.10. The maximum absolute atomic E-state index is 5.33. The Bertz CT molecular complexity index is 244. The lowest BCUT2D eigenvalue weighted by Crippen LogP contribution is -1.98. The lowest BCUT2D eigenvalue weighted by molar-refractivity contribution is 0.512. The van der Waals surface area contributed by atoms with Crippen LogP contribution in [0, 0.1) is 0 Å². The normalized spacial score (nSPS) is 16.9. The number of halogens is 1. The van der Waals surface area contributed by atoms with Crippen molar-refractivity contribution in [2.24, 2.45) is 0 Å². The molecule has 1 nitrogen and oxygen atoms in total. The van der Waals surface area contributed by atoms with E-state index in [9.17, 15) is 0 Å². The van der Waals surface area contributed by atoms with Crippen molar-refractivity contribution in [3.63, 3.8) is 0 Å². The molecule has 0 spiro atoms. The fourth-order valence-electron chi connectivity index (χ4n) is 1.10. The first-order chi connectivity index (χ1) is 4.88. The van der Waals surface area contributed by atoms with E-state index in [1.165, 1.54) is 17.1 Å². The molecule has 0 aromatic carbocycles. The molecule has 0 radical (unpaired) electrons. The van der Waals surface area contributed by atoms with E-state index in [0.717, 1.165) is 16.6 Å². The summed E-state index contributed by atoms with van der Waals surface area (Å²) in [4.78, 5) is 0. The van der Waals surface area contributed by atoms with Crippen LogP contribution in [0.1, 0.15) is 11.3 Å². The van der Waals surface area contributed by atoms with Gasteiger partial charge in [0.1, 0.15) is 12.0 Å². The lowest BCUT2D eigenvalue weighted by atomic mass is 10.2. The Morgan fingerprint density at radius 1 is 1.60 bits per heavy atom. The molecule has 0 aliphatic carbocycles. The van der Waals surface area contributed by atoms with E-state index in [2.05, 4.69) is 15.9 Å². The molecule has 0 N–H and O–H groups in total. The molecule has 1 aromatic heterocycles. The Labute approximate surface area is 72.3 Å². The van der Waals surface area contributed by atoms with Gasteiger partial charge >= 0.3 is 0 Å². The van der Waals surface area contributed by atoms with Crippen molar-refractivity contribution in [2.45, 2.75) is 12.2 Å². The van der Waals surface area contributed by atoms with Gasteiger partial charge in [-0.05, 0) is 15.9 Å². The van der Waals surface area contributed by atoms with Crippen LogP contribution < -0.4 is 0 Å². The summed E-state index contributed by atoms with van der Waals surface area (Å²) in [6.07, 6.45) is 2.88. The summed E-state index contributed by atoms with van der Waals surface area (Å²) >= 11 is 5.41. The van der Waals surface area contributed by atoms with E-state index in [0.29, 0.717) is 0 Å². The molecule has 2 heterocycles. The molecule has 54 valence electrons. The van der Waals surface area contributed by atoms with Crippen molar-refractivity contribution < 1.29 is 4.42 Å². The first kappa shape index (κ1) is 6.80. The second kappa shape index (κ2) is 2.62. The minimum absolute atomic E-state index is 1.09. The van der Waals surface area contributed by atoms with Gasteiger partial charge < -0.3 is 4.42 Å². The van der Waals surface area contributed by atoms with E-state index in [-0.39, 0.29) is 0 Å². The molecule has 1 aliphatic heterocycles. The predicted octanol–water partition coefficient (Wildman–Crippen LogP) is 2.83. The average Bonchev–Trinajstić information content (AvgIpc) is 2.34. The Morgan fingerprint density at radius 3 is 3.30 bits per heavy atom. The Balaban J connectivity index is 2.45. The summed E-state index contributed by atoms with van der Waals surface area (Å²) < 4.78 is 6.46. The molecule has 3 heteroatoms. The number of aryl methyl sites for hydroxylation is 1. The summed E-state index contributed by atoms with van der Waals surface area (Å²) in [7, 11) is 0. The Kier molecular flexibility index (Phi) is 1.78. The average molecular weight is 219 g/mol. The van der Waals surface area contributed by atoms with Crippen LogP contribution in [0.15, 0.2) is 15.2 Å². The van der Waals surface area contributed by atoms with Crippen molar-refractivity contribution in [1.29, 1.82) is 0 Å². The highest BCUT2D eigenvalue weighted by Gasteiger charge is 2.15. The van der Waals surface area contributed by atoms with Crippen LogP contribution in [0.25, 0.3) is 0 Å². The molecule has 10 heavy (non-hydrogen) atoms. The number of fused-ring (bicyclic) bond motifs is 1. The topological polar surface area (TPSA) is 13.1 Å². The highest BCUT2D eigenvalue weighted by Crippen LogP contribution is 2.31. The van der Waals surface area contributed by atoms with Crippen molar-refractivity contribution in [3.8, 4) is 0 Å². The standard InChI is InChI=1S/C7H7BrOS/c8-6-3-9-7-1-2-10-4-5(6)7/h3H,1-2,4H2. The Morgan fingerprint density at radius 2 is 2.50 bits per heavy atom. The van der Waals surface area contributed by atoms with Crippen molar-refractivity contribution in [1.82, 2.24) is 0 Å². The zero-order chi connectivity index (χ0) is 6.97. The molecular formula is C7H7BrOS. The van der Waals surface area contributed by atoms with E-state index < -0.39 is 0 Å². The van der Waals surface area contributed by atoms with Gasteiger partial charge in [0.2, 0.25) is 0 Å². The molecular weight excluding hydrogens is 212 g/mol. The summed E-state index contributed by atoms with van der Waals surface area (Å²) in [6, 6.07) is 0. The van der Waals surface area contributed by atoms with Crippen molar-refractivity contribution in [3.05, 3.63) is 22.1 Å². The lowest BCUT2D eigenvalue weighted by Gasteiger charge is -2.08. The zero-order valence-corrected chi connectivity index (χ0v) is 7.80. The van der Waals surface area contributed by atoms with Gasteiger partial charge in [0.05, 0.1) is 4.47 Å². The number of hydrogen-bond donors (Lipinski definition) is 0. The molecule has 0 amide bonds. The number of thioether (sulfide) groups is 1. The molecule has 0 saturated heterocycles. The fourth-order valence-corrected chi connectivity index (χ4v) is 2.73. The van der Waals surface area contributed by atoms with Gasteiger partial charge in [0.15, 0.2) is 0 Å². The minimum atomic E-state index is 1.09. The van der Waals surface area contributed by atoms with Crippen LogP contribution >= 0.6 is 27.7 Å². The second-order valence-corrected chi connectivity index (χ2v) is 4.25. The third-order valence-electron chi connectivity index (χ3n) is 1.65. The number of hydrogen-bond acceptors (Lipinski definition) is 2. The highest BCUT2D eigenvalue weighted by atomic mass is 79.9. The first-order valence-electron chi connectivity index (χ1n) is 3.20. The first-order valence-corrected chi connectivity index (χ1v) is 5.15. The van der Waals surface area contributed by atoms with E-state index >= 15 is 0 Å². The van der Waals surface area contributed by atoms with Crippen molar-refractivity contribution in [2.75, 3.05) is 5.75 Å². The number of furan rings is 1. The molecule has 0 unspecified atom stereocenters. The molecule has 0 atom stereocenters. The predicted molar refractivity (Wildman–Crippen MR) is 46.3 cm³/mol. The van der Waals surface area contributed by atoms with Gasteiger partial charge in [0, 0.05) is 23.5 Å². The molecule has 1 aliphatic rings. The zero-order valence-electron chi connectivity index (χ0n) is 5.39. The minimum Gasteiger partial charge on any atom is -0.468 e. The van der Waals surface area contributed by atoms with Gasteiger partial charge in [-0.3, -0.25) is 0 Å². The summed E-state index contributed by atoms with van der Waals surface area (Å²) in [5.74, 6) is 3.48. The number of rotatable bonds is 0.